The number of carbonyl (C=O) groups is 3. The van der Waals surface area contributed by atoms with E-state index in [9.17, 15) is 14.4 Å². The zero-order valence-corrected chi connectivity index (χ0v) is 21.6. The molecule has 0 bridgehead atoms. The highest BCUT2D eigenvalue weighted by Crippen LogP contribution is 2.24. The number of ether oxygens (including phenoxy) is 1. The number of ketones is 1. The van der Waals surface area contributed by atoms with Crippen LogP contribution in [0.3, 0.4) is 0 Å². The number of primary amides is 1. The van der Waals surface area contributed by atoms with Crippen LogP contribution in [0.4, 0.5) is 0 Å². The van der Waals surface area contributed by atoms with E-state index in [2.05, 4.69) is 6.92 Å². The first-order chi connectivity index (χ1) is 16.4. The molecule has 0 radical (unpaired) electrons. The number of Topliss-reactive ketones (excluding diaryl/α,β-unsaturated/α-hetero) is 1. The zero-order chi connectivity index (χ0) is 25.4. The Morgan fingerprint density at radius 2 is 1.29 bits per heavy atom. The van der Waals surface area contributed by atoms with Crippen molar-refractivity contribution in [1.82, 2.24) is 0 Å². The minimum Gasteiger partial charge on any atom is -0.481 e. The van der Waals surface area contributed by atoms with E-state index >= 15 is 0 Å². The van der Waals surface area contributed by atoms with Crippen LogP contribution in [0.15, 0.2) is 24.3 Å². The second kappa shape index (κ2) is 22.8. The molecule has 0 aromatic heterocycles. The first kappa shape index (κ1) is 32.0. The normalized spacial score (nSPS) is 17.0. The Bertz CT molecular complexity index is 600. The van der Waals surface area contributed by atoms with E-state index < -0.39 is 24.1 Å². The molecule has 6 heteroatoms. The summed E-state index contributed by atoms with van der Waals surface area (Å²) in [7, 11) is 0. The second-order valence-electron chi connectivity index (χ2n) is 9.05. The highest BCUT2D eigenvalue weighted by atomic mass is 16.6. The number of hydrogen-bond acceptors (Lipinski definition) is 4. The van der Waals surface area contributed by atoms with Crippen molar-refractivity contribution in [3.05, 3.63) is 24.3 Å². The highest BCUT2D eigenvalue weighted by molar-refractivity contribution is 5.95. The molecule has 1 aliphatic heterocycles. The van der Waals surface area contributed by atoms with E-state index in [0.717, 1.165) is 19.3 Å². The van der Waals surface area contributed by atoms with Crippen molar-refractivity contribution in [2.75, 3.05) is 0 Å². The summed E-state index contributed by atoms with van der Waals surface area (Å²) in [4.78, 5) is 32.4. The van der Waals surface area contributed by atoms with Crippen LogP contribution in [0, 0.1) is 0 Å². The molecule has 2 atom stereocenters. The van der Waals surface area contributed by atoms with Gasteiger partial charge in [0, 0.05) is 12.8 Å². The first-order valence-corrected chi connectivity index (χ1v) is 13.4. The van der Waals surface area contributed by atoms with Crippen molar-refractivity contribution < 1.29 is 24.2 Å². The minimum absolute atomic E-state index is 0.0421. The van der Waals surface area contributed by atoms with Gasteiger partial charge in [0.1, 0.15) is 0 Å². The lowest BCUT2D eigenvalue weighted by molar-refractivity contribution is -0.137. The predicted octanol–water partition coefficient (Wildman–Crippen LogP) is 6.66. The van der Waals surface area contributed by atoms with Crippen LogP contribution >= 0.6 is 0 Å². The molecule has 0 unspecified atom stereocenters. The van der Waals surface area contributed by atoms with Gasteiger partial charge in [0.2, 0.25) is 5.91 Å². The number of carbonyl (C=O) groups excluding carboxylic acids is 2. The Labute approximate surface area is 207 Å². The minimum atomic E-state index is -0.681. The number of carboxylic acid groups (broad SMARTS) is 1. The van der Waals surface area contributed by atoms with Crippen LogP contribution < -0.4 is 5.73 Å². The molecule has 196 valence electrons. The van der Waals surface area contributed by atoms with Crippen molar-refractivity contribution in [3.8, 4) is 0 Å². The van der Waals surface area contributed by atoms with Gasteiger partial charge in [0.25, 0.3) is 0 Å². The molecular weight excluding hydrogens is 430 g/mol. The molecule has 34 heavy (non-hydrogen) atoms. The van der Waals surface area contributed by atoms with Crippen LogP contribution in [0.2, 0.25) is 0 Å². The Morgan fingerprint density at radius 1 is 0.765 bits per heavy atom. The van der Waals surface area contributed by atoms with Gasteiger partial charge < -0.3 is 15.6 Å². The molecule has 0 spiro atoms. The fraction of sp³-hybridized carbons (Fsp3) is 0.750. The fourth-order valence-corrected chi connectivity index (χ4v) is 3.66. The van der Waals surface area contributed by atoms with Crippen LogP contribution in [-0.2, 0) is 19.1 Å². The van der Waals surface area contributed by atoms with Crippen LogP contribution in [-0.4, -0.2) is 35.0 Å². The van der Waals surface area contributed by atoms with E-state index in [1.807, 2.05) is 31.2 Å². The van der Waals surface area contributed by atoms with Gasteiger partial charge >= 0.3 is 5.97 Å². The average molecular weight is 480 g/mol. The van der Waals surface area contributed by atoms with Crippen LogP contribution in [0.25, 0.3) is 0 Å². The molecule has 3 N–H and O–H groups in total. The van der Waals surface area contributed by atoms with Gasteiger partial charge in [-0.2, -0.15) is 0 Å². The van der Waals surface area contributed by atoms with Gasteiger partial charge in [0.05, 0.1) is 0 Å². The maximum Gasteiger partial charge on any atom is 0.303 e. The van der Waals surface area contributed by atoms with Gasteiger partial charge in [-0.3, -0.25) is 14.4 Å². The number of epoxide rings is 1. The summed E-state index contributed by atoms with van der Waals surface area (Å²) in [5.41, 5.74) is 5.00. The molecular formula is C28H49NO5. The summed E-state index contributed by atoms with van der Waals surface area (Å²) in [5, 5.41) is 8.49. The van der Waals surface area contributed by atoms with E-state index in [0.29, 0.717) is 19.3 Å². The smallest absolute Gasteiger partial charge is 0.303 e. The quantitative estimate of drug-likeness (QED) is 0.109. The number of allylic oxidation sites excluding steroid dienone is 4. The van der Waals surface area contributed by atoms with Gasteiger partial charge in [-0.1, -0.05) is 108 Å². The van der Waals surface area contributed by atoms with Crippen LogP contribution in [0.5, 0.6) is 0 Å². The summed E-state index contributed by atoms with van der Waals surface area (Å²) in [6.07, 6.45) is 26.0. The molecule has 1 heterocycles. The molecule has 0 saturated carbocycles. The summed E-state index contributed by atoms with van der Waals surface area (Å²) in [6.45, 7) is 4.22. The highest BCUT2D eigenvalue weighted by Gasteiger charge is 2.48. The van der Waals surface area contributed by atoms with Crippen molar-refractivity contribution in [1.29, 1.82) is 0 Å². The SMILES string of the molecule is C/C=C/C/C=C/CCC(=O)[C@H]1O[C@H]1C(N)=O.CCCCCCCCCCCCCCCC(=O)O. The first-order valence-electron chi connectivity index (χ1n) is 13.4. The Balaban J connectivity index is 0.000000644. The fourth-order valence-electron chi connectivity index (χ4n) is 3.66. The summed E-state index contributed by atoms with van der Waals surface area (Å²) < 4.78 is 4.88. The molecule has 1 rings (SSSR count). The lowest BCUT2D eigenvalue weighted by Gasteiger charge is -2.02. The van der Waals surface area contributed by atoms with Crippen molar-refractivity contribution in [2.24, 2.45) is 5.73 Å². The van der Waals surface area contributed by atoms with Crippen molar-refractivity contribution in [2.45, 2.75) is 135 Å². The third-order valence-corrected chi connectivity index (χ3v) is 5.82. The maximum absolute atomic E-state index is 11.4. The molecule has 1 amide bonds. The number of carboxylic acids is 1. The monoisotopic (exact) mass is 479 g/mol. The third-order valence-electron chi connectivity index (χ3n) is 5.82. The predicted molar refractivity (Wildman–Crippen MR) is 139 cm³/mol. The molecule has 1 aliphatic rings. The summed E-state index contributed by atoms with van der Waals surface area (Å²) >= 11 is 0. The van der Waals surface area contributed by atoms with Gasteiger partial charge in [-0.05, 0) is 26.2 Å². The van der Waals surface area contributed by atoms with E-state index in [1.165, 1.54) is 70.6 Å². The number of aliphatic carboxylic acids is 1. The van der Waals surface area contributed by atoms with Gasteiger partial charge in [-0.25, -0.2) is 0 Å². The lowest BCUT2D eigenvalue weighted by atomic mass is 10.0. The van der Waals surface area contributed by atoms with Crippen molar-refractivity contribution >= 4 is 17.7 Å². The number of unbranched alkanes of at least 4 members (excludes halogenated alkanes) is 12. The molecule has 6 nitrogen and oxygen atoms in total. The molecule has 1 saturated heterocycles. The molecule has 0 aromatic carbocycles. The zero-order valence-electron chi connectivity index (χ0n) is 21.6. The van der Waals surface area contributed by atoms with E-state index in [4.69, 9.17) is 15.6 Å². The van der Waals surface area contributed by atoms with E-state index in [-0.39, 0.29) is 5.78 Å². The average Bonchev–Trinajstić information content (AvgIpc) is 3.61. The molecule has 0 aromatic rings. The number of amides is 1. The maximum atomic E-state index is 11.4. The Kier molecular flexibility index (Phi) is 21.5. The Hall–Kier alpha value is -1.95. The number of nitrogens with two attached hydrogens (primary N) is 1. The topological polar surface area (TPSA) is 110 Å². The molecule has 0 aliphatic carbocycles. The molecule has 1 fully saturated rings. The van der Waals surface area contributed by atoms with Gasteiger partial charge in [-0.15, -0.1) is 0 Å². The summed E-state index contributed by atoms with van der Waals surface area (Å²) in [6, 6.07) is 0. The van der Waals surface area contributed by atoms with E-state index in [1.54, 1.807) is 0 Å². The second-order valence-corrected chi connectivity index (χ2v) is 9.05. The largest absolute Gasteiger partial charge is 0.481 e. The standard InChI is InChI=1S/C16H32O2.C12H17NO3/c1-2-3-4-5-6-7-8-9-10-11-12-13-14-15-16(17)18;1-2-3-4-5-6-7-8-9(14)10-11(16-10)12(13)15/h2-15H2,1H3,(H,17,18);2-3,5-6,10-11H,4,7-8H2,1H3,(H2,13,15)/b;3-2+,6-5+/t;10-,11-/m.1/s1. The third kappa shape index (κ3) is 20.6. The van der Waals surface area contributed by atoms with Crippen molar-refractivity contribution in [3.63, 3.8) is 0 Å². The summed E-state index contributed by atoms with van der Waals surface area (Å²) in [5.74, 6) is -1.25. The number of hydrogen-bond donors (Lipinski definition) is 2. The Morgan fingerprint density at radius 3 is 1.74 bits per heavy atom. The lowest BCUT2D eigenvalue weighted by Crippen LogP contribution is -2.22. The van der Waals surface area contributed by atoms with Gasteiger partial charge in [0.15, 0.2) is 18.0 Å². The van der Waals surface area contributed by atoms with Crippen LogP contribution in [0.1, 0.15) is 123 Å². The number of rotatable bonds is 21.